The molecule has 1 aromatic heterocycles. The van der Waals surface area contributed by atoms with Crippen LogP contribution in [0.1, 0.15) is 45.2 Å². The minimum atomic E-state index is -0.920. The molecule has 1 amide bonds. The molecule has 0 saturated carbocycles. The van der Waals surface area contributed by atoms with Crippen molar-refractivity contribution < 1.29 is 19.4 Å². The van der Waals surface area contributed by atoms with Crippen LogP contribution in [0.15, 0.2) is 30.6 Å². The lowest BCUT2D eigenvalue weighted by atomic mass is 10.0. The molecule has 0 aliphatic carbocycles. The van der Waals surface area contributed by atoms with Gasteiger partial charge in [0.1, 0.15) is 5.60 Å². The molecular formula is C21H26ClN3O4. The maximum Gasteiger partial charge on any atom is 0.410 e. The van der Waals surface area contributed by atoms with Crippen molar-refractivity contribution in [2.24, 2.45) is 0 Å². The van der Waals surface area contributed by atoms with E-state index in [4.69, 9.17) is 21.4 Å². The van der Waals surface area contributed by atoms with Crippen LogP contribution < -0.4 is 0 Å². The van der Waals surface area contributed by atoms with E-state index in [2.05, 4.69) is 5.10 Å². The van der Waals surface area contributed by atoms with Crippen molar-refractivity contribution in [2.75, 3.05) is 13.1 Å². The number of ether oxygens (including phenoxy) is 1. The maximum atomic E-state index is 12.2. The largest absolute Gasteiger partial charge is 0.481 e. The van der Waals surface area contributed by atoms with Crippen molar-refractivity contribution in [2.45, 2.75) is 51.7 Å². The van der Waals surface area contributed by atoms with Crippen LogP contribution in [0.5, 0.6) is 0 Å². The summed E-state index contributed by atoms with van der Waals surface area (Å²) in [6.45, 7) is 6.83. The molecule has 1 N–H and O–H groups in total. The minimum absolute atomic E-state index is 0.121. The molecular weight excluding hydrogens is 394 g/mol. The zero-order valence-electron chi connectivity index (χ0n) is 16.9. The Morgan fingerprint density at radius 2 is 1.93 bits per heavy atom. The molecule has 29 heavy (non-hydrogen) atoms. The van der Waals surface area contributed by atoms with Gasteiger partial charge >= 0.3 is 12.1 Å². The Bertz CT molecular complexity index is 896. The number of nitrogens with zero attached hydrogens (tertiary/aromatic N) is 3. The highest BCUT2D eigenvalue weighted by Gasteiger charge is 2.27. The Balaban J connectivity index is 1.66. The molecule has 8 heteroatoms. The number of benzene rings is 1. The van der Waals surface area contributed by atoms with Gasteiger partial charge in [0.25, 0.3) is 0 Å². The fraction of sp³-hybridized carbons (Fsp3) is 0.476. The summed E-state index contributed by atoms with van der Waals surface area (Å²) in [4.78, 5) is 25.0. The number of amides is 1. The van der Waals surface area contributed by atoms with Crippen molar-refractivity contribution >= 4 is 23.7 Å². The van der Waals surface area contributed by atoms with Crippen molar-refractivity contribution in [1.82, 2.24) is 14.7 Å². The predicted octanol–water partition coefficient (Wildman–Crippen LogP) is 4.40. The minimum Gasteiger partial charge on any atom is -0.481 e. The van der Waals surface area contributed by atoms with E-state index in [1.807, 2.05) is 37.7 Å². The summed E-state index contributed by atoms with van der Waals surface area (Å²) in [5, 5.41) is 14.0. The summed E-state index contributed by atoms with van der Waals surface area (Å²) in [6.07, 6.45) is 4.93. The lowest BCUT2D eigenvalue weighted by Gasteiger charge is -2.33. The van der Waals surface area contributed by atoms with Crippen LogP contribution >= 0.6 is 11.6 Å². The monoisotopic (exact) mass is 419 g/mol. The van der Waals surface area contributed by atoms with E-state index in [1.54, 1.807) is 23.2 Å². The summed E-state index contributed by atoms with van der Waals surface area (Å²) in [6, 6.07) is 5.57. The van der Waals surface area contributed by atoms with Gasteiger partial charge in [-0.25, -0.2) is 4.79 Å². The average Bonchev–Trinajstić information content (AvgIpc) is 3.12. The van der Waals surface area contributed by atoms with Gasteiger partial charge in [-0.2, -0.15) is 5.10 Å². The van der Waals surface area contributed by atoms with Gasteiger partial charge in [0, 0.05) is 29.9 Å². The Kier molecular flexibility index (Phi) is 6.17. The molecule has 1 aromatic carbocycles. The quantitative estimate of drug-likeness (QED) is 0.793. The van der Waals surface area contributed by atoms with Gasteiger partial charge in [-0.05, 0) is 56.9 Å². The molecule has 1 aliphatic rings. The Labute approximate surface area is 175 Å². The lowest BCUT2D eigenvalue weighted by Crippen LogP contribution is -2.42. The molecule has 1 aliphatic heterocycles. The first kappa shape index (κ1) is 21.2. The highest BCUT2D eigenvalue weighted by Crippen LogP contribution is 2.28. The van der Waals surface area contributed by atoms with Crippen LogP contribution in [-0.2, 0) is 16.0 Å². The predicted molar refractivity (Wildman–Crippen MR) is 110 cm³/mol. The Morgan fingerprint density at radius 3 is 2.55 bits per heavy atom. The summed E-state index contributed by atoms with van der Waals surface area (Å²) in [7, 11) is 0. The van der Waals surface area contributed by atoms with Gasteiger partial charge in [-0.1, -0.05) is 17.7 Å². The van der Waals surface area contributed by atoms with E-state index < -0.39 is 11.6 Å². The molecule has 0 spiro atoms. The zero-order valence-corrected chi connectivity index (χ0v) is 17.6. The topological polar surface area (TPSA) is 84.7 Å². The Hall–Kier alpha value is -2.54. The van der Waals surface area contributed by atoms with E-state index in [0.29, 0.717) is 23.7 Å². The number of hydrogen-bond donors (Lipinski definition) is 1. The molecule has 7 nitrogen and oxygen atoms in total. The third-order valence-electron chi connectivity index (χ3n) is 4.81. The maximum absolute atomic E-state index is 12.2. The normalized spacial score (nSPS) is 15.4. The average molecular weight is 420 g/mol. The van der Waals surface area contributed by atoms with E-state index in [1.165, 1.54) is 0 Å². The molecule has 156 valence electrons. The summed E-state index contributed by atoms with van der Waals surface area (Å²) in [5.41, 5.74) is 1.86. The van der Waals surface area contributed by atoms with Crippen LogP contribution in [0, 0.1) is 0 Å². The van der Waals surface area contributed by atoms with Crippen molar-refractivity contribution in [3.05, 3.63) is 41.2 Å². The number of aliphatic carboxylic acids is 1. The lowest BCUT2D eigenvalue weighted by molar-refractivity contribution is -0.136. The second-order valence-corrected chi connectivity index (χ2v) is 8.69. The highest BCUT2D eigenvalue weighted by atomic mass is 35.5. The zero-order chi connectivity index (χ0) is 21.2. The van der Waals surface area contributed by atoms with E-state index in [-0.39, 0.29) is 18.6 Å². The number of carboxylic acid groups (broad SMARTS) is 1. The molecule has 0 bridgehead atoms. The molecule has 2 heterocycles. The van der Waals surface area contributed by atoms with Crippen LogP contribution in [0.4, 0.5) is 4.79 Å². The number of carboxylic acids is 1. The number of rotatable bonds is 4. The fourth-order valence-electron chi connectivity index (χ4n) is 3.38. The number of carbonyl (C=O) groups is 2. The first-order valence-corrected chi connectivity index (χ1v) is 10.0. The third-order valence-corrected chi connectivity index (χ3v) is 5.18. The molecule has 2 aromatic rings. The van der Waals surface area contributed by atoms with Crippen LogP contribution in [0.2, 0.25) is 5.02 Å². The number of aromatic nitrogens is 2. The van der Waals surface area contributed by atoms with Gasteiger partial charge in [0.15, 0.2) is 0 Å². The summed E-state index contributed by atoms with van der Waals surface area (Å²) >= 11 is 6.11. The highest BCUT2D eigenvalue weighted by molar-refractivity contribution is 6.31. The number of likely N-dealkylation sites (tertiary alicyclic amines) is 1. The summed E-state index contributed by atoms with van der Waals surface area (Å²) < 4.78 is 7.36. The van der Waals surface area contributed by atoms with Crippen molar-refractivity contribution in [1.29, 1.82) is 0 Å². The molecule has 0 atom stereocenters. The number of piperidine rings is 1. The summed E-state index contributed by atoms with van der Waals surface area (Å²) in [5.74, 6) is -0.920. The van der Waals surface area contributed by atoms with Crippen molar-refractivity contribution in [3.63, 3.8) is 0 Å². The first-order valence-electron chi connectivity index (χ1n) is 9.65. The SMILES string of the molecule is CC(C)(C)OC(=O)N1CCC(n2cc(-c3ccc(Cl)c(CC(=O)O)c3)cn2)CC1. The molecule has 1 saturated heterocycles. The number of carbonyl (C=O) groups excluding carboxylic acids is 1. The number of hydrogen-bond acceptors (Lipinski definition) is 4. The first-order chi connectivity index (χ1) is 13.6. The smallest absolute Gasteiger partial charge is 0.410 e. The van der Waals surface area contributed by atoms with E-state index in [9.17, 15) is 9.59 Å². The molecule has 3 rings (SSSR count). The number of halogens is 1. The molecule has 0 unspecified atom stereocenters. The molecule has 0 radical (unpaired) electrons. The van der Waals surface area contributed by atoms with Crippen LogP contribution in [-0.4, -0.2) is 50.5 Å². The third kappa shape index (κ3) is 5.50. The van der Waals surface area contributed by atoms with Gasteiger partial charge in [-0.3, -0.25) is 9.48 Å². The Morgan fingerprint density at radius 1 is 1.24 bits per heavy atom. The van der Waals surface area contributed by atoms with Crippen LogP contribution in [0.25, 0.3) is 11.1 Å². The van der Waals surface area contributed by atoms with Crippen LogP contribution in [0.3, 0.4) is 0 Å². The van der Waals surface area contributed by atoms with Gasteiger partial charge < -0.3 is 14.7 Å². The van der Waals surface area contributed by atoms with Gasteiger partial charge in [0.2, 0.25) is 0 Å². The fourth-order valence-corrected chi connectivity index (χ4v) is 3.56. The second-order valence-electron chi connectivity index (χ2n) is 8.28. The van der Waals surface area contributed by atoms with Crippen molar-refractivity contribution in [3.8, 4) is 11.1 Å². The van der Waals surface area contributed by atoms with E-state index in [0.717, 1.165) is 24.0 Å². The second kappa shape index (κ2) is 8.45. The van der Waals surface area contributed by atoms with E-state index >= 15 is 0 Å². The molecule has 1 fully saturated rings. The van der Waals surface area contributed by atoms with Gasteiger partial charge in [-0.15, -0.1) is 0 Å². The standard InChI is InChI=1S/C21H26ClN3O4/c1-21(2,3)29-20(28)24-8-6-17(7-9-24)25-13-16(12-23-25)14-4-5-18(22)15(10-14)11-19(26)27/h4-5,10,12-13,17H,6-9,11H2,1-3H3,(H,26,27). The van der Waals surface area contributed by atoms with Gasteiger partial charge in [0.05, 0.1) is 18.7 Å².